The number of nitrogens with two attached hydrogens (primary N) is 1. The van der Waals surface area contributed by atoms with Gasteiger partial charge in [0.15, 0.2) is 5.96 Å². The number of nitrogens with one attached hydrogen (secondary N) is 1. The van der Waals surface area contributed by atoms with Crippen molar-refractivity contribution in [3.63, 3.8) is 0 Å². The molecule has 0 radical (unpaired) electrons. The van der Waals surface area contributed by atoms with Crippen LogP contribution in [0.5, 0.6) is 0 Å². The predicted molar refractivity (Wildman–Crippen MR) is 92.7 cm³/mol. The first kappa shape index (κ1) is 18.8. The van der Waals surface area contributed by atoms with Crippen molar-refractivity contribution in [3.8, 4) is 0 Å². The number of likely N-dealkylation sites (tertiary alicyclic amines) is 1. The number of primary amides is 1. The van der Waals surface area contributed by atoms with E-state index in [2.05, 4.69) is 36.0 Å². The molecule has 0 aromatic carbocycles. The van der Waals surface area contributed by atoms with E-state index in [0.29, 0.717) is 6.54 Å². The fourth-order valence-electron chi connectivity index (χ4n) is 3.10. The largest absolute Gasteiger partial charge is 0.369 e. The van der Waals surface area contributed by atoms with Crippen LogP contribution >= 0.6 is 0 Å². The molecular weight excluding hydrogens is 276 g/mol. The molecule has 1 fully saturated rings. The summed E-state index contributed by atoms with van der Waals surface area (Å²) in [5.74, 6) is 2.17. The monoisotopic (exact) mass is 310 g/mol. The first-order valence-corrected chi connectivity index (χ1v) is 8.68. The van der Waals surface area contributed by atoms with Crippen molar-refractivity contribution in [2.75, 3.05) is 26.2 Å². The summed E-state index contributed by atoms with van der Waals surface area (Å²) in [4.78, 5) is 18.5. The molecule has 5 nitrogen and oxygen atoms in total. The van der Waals surface area contributed by atoms with Crippen LogP contribution in [0.25, 0.3) is 0 Å². The van der Waals surface area contributed by atoms with E-state index < -0.39 is 5.41 Å². The third-order valence-electron chi connectivity index (χ3n) is 4.87. The molecule has 0 aliphatic carbocycles. The fraction of sp³-hybridized carbons (Fsp3) is 0.882. The second kappa shape index (κ2) is 8.39. The number of rotatable bonds is 7. The van der Waals surface area contributed by atoms with Gasteiger partial charge in [-0.1, -0.05) is 26.7 Å². The van der Waals surface area contributed by atoms with Crippen LogP contribution in [0.15, 0.2) is 4.99 Å². The molecule has 1 saturated heterocycles. The average molecular weight is 310 g/mol. The predicted octanol–water partition coefficient (Wildman–Crippen LogP) is 2.22. The molecule has 1 aliphatic rings. The van der Waals surface area contributed by atoms with Crippen molar-refractivity contribution < 1.29 is 4.79 Å². The Labute approximate surface area is 135 Å². The van der Waals surface area contributed by atoms with E-state index in [9.17, 15) is 4.79 Å². The van der Waals surface area contributed by atoms with Gasteiger partial charge in [-0.3, -0.25) is 9.79 Å². The van der Waals surface area contributed by atoms with Gasteiger partial charge in [0, 0.05) is 19.6 Å². The van der Waals surface area contributed by atoms with E-state index >= 15 is 0 Å². The number of nitrogens with zero attached hydrogens (tertiary/aromatic N) is 2. The minimum atomic E-state index is -0.602. The Balaban J connectivity index is 2.74. The summed E-state index contributed by atoms with van der Waals surface area (Å²) in [6.07, 6.45) is 3.73. The Morgan fingerprint density at radius 1 is 1.36 bits per heavy atom. The fourth-order valence-corrected chi connectivity index (χ4v) is 3.10. The van der Waals surface area contributed by atoms with E-state index in [1.165, 1.54) is 19.3 Å². The van der Waals surface area contributed by atoms with Crippen molar-refractivity contribution in [1.29, 1.82) is 0 Å². The van der Waals surface area contributed by atoms with Gasteiger partial charge < -0.3 is 16.0 Å². The molecule has 5 heteroatoms. The summed E-state index contributed by atoms with van der Waals surface area (Å²) in [5, 5.41) is 3.36. The summed E-state index contributed by atoms with van der Waals surface area (Å²) >= 11 is 0. The minimum absolute atomic E-state index is 0.302. The zero-order chi connectivity index (χ0) is 16.8. The Bertz CT molecular complexity index is 388. The van der Waals surface area contributed by atoms with Crippen LogP contribution in [0.3, 0.4) is 0 Å². The molecule has 1 amide bonds. The van der Waals surface area contributed by atoms with E-state index in [0.717, 1.165) is 37.4 Å². The molecule has 22 heavy (non-hydrogen) atoms. The second-order valence-electron chi connectivity index (χ2n) is 6.99. The van der Waals surface area contributed by atoms with Crippen molar-refractivity contribution in [2.24, 2.45) is 28.0 Å². The maximum Gasteiger partial charge on any atom is 0.224 e. The van der Waals surface area contributed by atoms with E-state index in [4.69, 9.17) is 5.73 Å². The van der Waals surface area contributed by atoms with Crippen LogP contribution in [-0.2, 0) is 4.79 Å². The van der Waals surface area contributed by atoms with Gasteiger partial charge >= 0.3 is 0 Å². The molecule has 0 spiro atoms. The van der Waals surface area contributed by atoms with Gasteiger partial charge in [-0.25, -0.2) is 0 Å². The Morgan fingerprint density at radius 3 is 2.50 bits per heavy atom. The van der Waals surface area contributed by atoms with Crippen molar-refractivity contribution in [2.45, 2.75) is 53.9 Å². The highest BCUT2D eigenvalue weighted by molar-refractivity contribution is 5.82. The summed E-state index contributed by atoms with van der Waals surface area (Å²) < 4.78 is 0. The average Bonchev–Trinajstić information content (AvgIpc) is 2.94. The summed E-state index contributed by atoms with van der Waals surface area (Å²) in [5.41, 5.74) is 4.84. The number of guanidine groups is 1. The van der Waals surface area contributed by atoms with Gasteiger partial charge in [0.2, 0.25) is 5.91 Å². The Morgan fingerprint density at radius 2 is 2.00 bits per heavy atom. The molecular formula is C17H34N4O. The maximum absolute atomic E-state index is 11.5. The molecule has 0 bridgehead atoms. The first-order valence-electron chi connectivity index (χ1n) is 8.68. The zero-order valence-corrected chi connectivity index (χ0v) is 15.0. The van der Waals surface area contributed by atoms with Crippen molar-refractivity contribution >= 4 is 11.9 Å². The van der Waals surface area contributed by atoms with Crippen LogP contribution in [0.4, 0.5) is 0 Å². The van der Waals surface area contributed by atoms with Gasteiger partial charge in [-0.2, -0.15) is 0 Å². The summed E-state index contributed by atoms with van der Waals surface area (Å²) in [7, 11) is 0. The first-order chi connectivity index (χ1) is 10.4. The van der Waals surface area contributed by atoms with Gasteiger partial charge in [-0.05, 0) is 39.0 Å². The van der Waals surface area contributed by atoms with E-state index in [1.807, 2.05) is 13.8 Å². The highest BCUT2D eigenvalue weighted by Gasteiger charge is 2.30. The number of hydrogen-bond acceptors (Lipinski definition) is 2. The SMILES string of the molecule is CCNC(=NCC(C)(C)C(N)=O)N1CCC(C(CC)CC)C1. The van der Waals surface area contributed by atoms with Crippen molar-refractivity contribution in [3.05, 3.63) is 0 Å². The van der Waals surface area contributed by atoms with Crippen LogP contribution in [-0.4, -0.2) is 42.9 Å². The highest BCUT2D eigenvalue weighted by Crippen LogP contribution is 2.28. The molecule has 3 N–H and O–H groups in total. The highest BCUT2D eigenvalue weighted by atomic mass is 16.1. The molecule has 1 aliphatic heterocycles. The lowest BCUT2D eigenvalue weighted by Crippen LogP contribution is -2.42. The smallest absolute Gasteiger partial charge is 0.224 e. The summed E-state index contributed by atoms with van der Waals surface area (Å²) in [6.45, 7) is 13.7. The lowest BCUT2D eigenvalue weighted by Gasteiger charge is -2.25. The number of carbonyl (C=O) groups excluding carboxylic acids is 1. The van der Waals surface area contributed by atoms with Crippen LogP contribution in [0.2, 0.25) is 0 Å². The number of aliphatic imine (C=N–C) groups is 1. The molecule has 1 heterocycles. The minimum Gasteiger partial charge on any atom is -0.369 e. The third kappa shape index (κ3) is 4.89. The molecule has 0 aromatic rings. The van der Waals surface area contributed by atoms with Gasteiger partial charge in [0.05, 0.1) is 12.0 Å². The molecule has 1 atom stereocenters. The van der Waals surface area contributed by atoms with E-state index in [1.54, 1.807) is 0 Å². The number of amides is 1. The Kier molecular flexibility index (Phi) is 7.17. The standard InChI is InChI=1S/C17H34N4O/c1-6-13(7-2)14-9-10-21(11-14)16(19-8-3)20-12-17(4,5)15(18)22/h13-14H,6-12H2,1-5H3,(H2,18,22)(H,19,20). The molecule has 128 valence electrons. The number of carbonyl (C=O) groups is 1. The van der Waals surface area contributed by atoms with Crippen LogP contribution < -0.4 is 11.1 Å². The topological polar surface area (TPSA) is 70.7 Å². The second-order valence-corrected chi connectivity index (χ2v) is 6.99. The van der Waals surface area contributed by atoms with Crippen molar-refractivity contribution in [1.82, 2.24) is 10.2 Å². The normalized spacial score (nSPS) is 19.8. The lowest BCUT2D eigenvalue weighted by atomic mass is 9.87. The zero-order valence-electron chi connectivity index (χ0n) is 15.0. The van der Waals surface area contributed by atoms with E-state index in [-0.39, 0.29) is 5.91 Å². The third-order valence-corrected chi connectivity index (χ3v) is 4.87. The Hall–Kier alpha value is -1.26. The molecule has 1 rings (SSSR count). The lowest BCUT2D eigenvalue weighted by molar-refractivity contribution is -0.125. The summed E-state index contributed by atoms with van der Waals surface area (Å²) in [6, 6.07) is 0. The van der Waals surface area contributed by atoms with Gasteiger partial charge in [0.1, 0.15) is 0 Å². The quantitative estimate of drug-likeness (QED) is 0.559. The van der Waals surface area contributed by atoms with Gasteiger partial charge in [-0.15, -0.1) is 0 Å². The maximum atomic E-state index is 11.5. The number of hydrogen-bond donors (Lipinski definition) is 2. The molecule has 0 saturated carbocycles. The van der Waals surface area contributed by atoms with Crippen LogP contribution in [0, 0.1) is 17.3 Å². The van der Waals surface area contributed by atoms with Gasteiger partial charge in [0.25, 0.3) is 0 Å². The molecule has 1 unspecified atom stereocenters. The van der Waals surface area contributed by atoms with Crippen LogP contribution in [0.1, 0.15) is 53.9 Å². The molecule has 0 aromatic heterocycles.